The molecular formula is C20H24O3. The van der Waals surface area contributed by atoms with Crippen LogP contribution >= 0.6 is 0 Å². The molecule has 1 aliphatic carbocycles. The number of ether oxygens (including phenoxy) is 3. The number of rotatable bonds is 7. The zero-order valence-electron chi connectivity index (χ0n) is 14.0. The van der Waals surface area contributed by atoms with E-state index in [9.17, 15) is 0 Å². The molecule has 2 aromatic rings. The van der Waals surface area contributed by atoms with E-state index in [1.807, 2.05) is 13.8 Å². The molecule has 1 aliphatic rings. The highest BCUT2D eigenvalue weighted by atomic mass is 16.7. The molecule has 3 heteroatoms. The molecule has 0 N–H and O–H groups in total. The summed E-state index contributed by atoms with van der Waals surface area (Å²) in [6, 6.07) is 17.2. The minimum Gasteiger partial charge on any atom is -0.378 e. The average molecular weight is 312 g/mol. The third kappa shape index (κ3) is 3.47. The lowest BCUT2D eigenvalue weighted by Gasteiger charge is -2.19. The van der Waals surface area contributed by atoms with E-state index in [0.717, 1.165) is 0 Å². The van der Waals surface area contributed by atoms with Gasteiger partial charge in [-0.3, -0.25) is 0 Å². The Labute approximate surface area is 138 Å². The molecule has 0 aliphatic heterocycles. The van der Waals surface area contributed by atoms with Gasteiger partial charge in [0.05, 0.1) is 19.3 Å². The molecule has 0 heterocycles. The van der Waals surface area contributed by atoms with Crippen molar-refractivity contribution in [1.82, 2.24) is 0 Å². The summed E-state index contributed by atoms with van der Waals surface area (Å²) >= 11 is 0. The SMILES string of the molecule is COC(C)OC(C)COCC1c2ccccc2-c2ccccc21. The van der Waals surface area contributed by atoms with Crippen molar-refractivity contribution in [3.63, 3.8) is 0 Å². The first-order chi connectivity index (χ1) is 11.2. The first-order valence-electron chi connectivity index (χ1n) is 8.15. The zero-order valence-corrected chi connectivity index (χ0v) is 14.0. The summed E-state index contributed by atoms with van der Waals surface area (Å²) in [5.41, 5.74) is 5.36. The van der Waals surface area contributed by atoms with Crippen molar-refractivity contribution < 1.29 is 14.2 Å². The van der Waals surface area contributed by atoms with Gasteiger partial charge in [-0.2, -0.15) is 0 Å². The van der Waals surface area contributed by atoms with E-state index in [4.69, 9.17) is 14.2 Å². The van der Waals surface area contributed by atoms with Crippen molar-refractivity contribution in [3.05, 3.63) is 59.7 Å². The molecule has 0 saturated heterocycles. The molecule has 122 valence electrons. The molecule has 0 saturated carbocycles. The molecule has 23 heavy (non-hydrogen) atoms. The number of hydrogen-bond donors (Lipinski definition) is 0. The lowest BCUT2D eigenvalue weighted by atomic mass is 9.98. The summed E-state index contributed by atoms with van der Waals surface area (Å²) in [4.78, 5) is 0. The van der Waals surface area contributed by atoms with Crippen LogP contribution in [0.2, 0.25) is 0 Å². The van der Waals surface area contributed by atoms with Gasteiger partial charge in [-0.1, -0.05) is 48.5 Å². The van der Waals surface area contributed by atoms with Gasteiger partial charge < -0.3 is 14.2 Å². The summed E-state index contributed by atoms with van der Waals surface area (Å²) < 4.78 is 16.7. The molecular weight excluding hydrogens is 288 g/mol. The van der Waals surface area contributed by atoms with Gasteiger partial charge in [0.2, 0.25) is 0 Å². The number of benzene rings is 2. The first kappa shape index (κ1) is 16.2. The van der Waals surface area contributed by atoms with Crippen LogP contribution < -0.4 is 0 Å². The van der Waals surface area contributed by atoms with E-state index in [1.165, 1.54) is 22.3 Å². The molecule has 0 bridgehead atoms. The minimum absolute atomic E-state index is 0.0110. The molecule has 2 aromatic carbocycles. The smallest absolute Gasteiger partial charge is 0.154 e. The number of fused-ring (bicyclic) bond motifs is 3. The fraction of sp³-hybridized carbons (Fsp3) is 0.400. The normalized spacial score (nSPS) is 16.0. The Morgan fingerprint density at radius 2 is 1.48 bits per heavy atom. The Balaban J connectivity index is 1.67. The van der Waals surface area contributed by atoms with Crippen LogP contribution in [-0.4, -0.2) is 32.7 Å². The van der Waals surface area contributed by atoms with Gasteiger partial charge in [0, 0.05) is 13.0 Å². The Morgan fingerprint density at radius 1 is 0.913 bits per heavy atom. The zero-order chi connectivity index (χ0) is 16.2. The molecule has 0 fully saturated rings. The number of hydrogen-bond acceptors (Lipinski definition) is 3. The van der Waals surface area contributed by atoms with Crippen LogP contribution in [0, 0.1) is 0 Å². The summed E-state index contributed by atoms with van der Waals surface area (Å²) in [5, 5.41) is 0. The van der Waals surface area contributed by atoms with E-state index in [2.05, 4.69) is 48.5 Å². The summed E-state index contributed by atoms with van der Waals surface area (Å²) in [5.74, 6) is 0.300. The lowest BCUT2D eigenvalue weighted by molar-refractivity contribution is -0.153. The predicted molar refractivity (Wildman–Crippen MR) is 91.6 cm³/mol. The third-order valence-corrected chi connectivity index (χ3v) is 4.36. The minimum atomic E-state index is -0.207. The van der Waals surface area contributed by atoms with Crippen LogP contribution in [0.5, 0.6) is 0 Å². The molecule has 3 rings (SSSR count). The van der Waals surface area contributed by atoms with Gasteiger partial charge in [0.15, 0.2) is 6.29 Å². The van der Waals surface area contributed by atoms with E-state index in [-0.39, 0.29) is 12.4 Å². The van der Waals surface area contributed by atoms with Crippen LogP contribution in [0.15, 0.2) is 48.5 Å². The second-order valence-electron chi connectivity index (χ2n) is 6.01. The molecule has 2 unspecified atom stereocenters. The maximum atomic E-state index is 5.96. The Bertz CT molecular complexity index is 607. The van der Waals surface area contributed by atoms with Crippen molar-refractivity contribution >= 4 is 0 Å². The fourth-order valence-electron chi connectivity index (χ4n) is 3.21. The molecule has 0 radical (unpaired) electrons. The molecule has 0 amide bonds. The van der Waals surface area contributed by atoms with E-state index >= 15 is 0 Å². The monoisotopic (exact) mass is 312 g/mol. The van der Waals surface area contributed by atoms with Crippen LogP contribution in [0.4, 0.5) is 0 Å². The number of methoxy groups -OCH3 is 1. The van der Waals surface area contributed by atoms with E-state index in [1.54, 1.807) is 7.11 Å². The maximum Gasteiger partial charge on any atom is 0.154 e. The van der Waals surface area contributed by atoms with Crippen molar-refractivity contribution in [2.45, 2.75) is 32.2 Å². The molecule has 0 aromatic heterocycles. The van der Waals surface area contributed by atoms with Crippen LogP contribution in [0.1, 0.15) is 30.9 Å². The Kier molecular flexibility index (Phi) is 5.11. The first-order valence-corrected chi connectivity index (χ1v) is 8.15. The predicted octanol–water partition coefficient (Wildman–Crippen LogP) is 4.21. The maximum absolute atomic E-state index is 5.96. The standard InChI is InChI=1S/C20H24O3/c1-14(23-15(2)21-3)12-22-13-20-18-10-6-4-8-16(18)17-9-5-7-11-19(17)20/h4-11,14-15,20H,12-13H2,1-3H3. The van der Waals surface area contributed by atoms with Gasteiger partial charge in [-0.05, 0) is 36.1 Å². The lowest BCUT2D eigenvalue weighted by Crippen LogP contribution is -2.24. The van der Waals surface area contributed by atoms with Crippen LogP contribution in [0.3, 0.4) is 0 Å². The Hall–Kier alpha value is -1.68. The summed E-state index contributed by atoms with van der Waals surface area (Å²) in [6.45, 7) is 5.13. The second-order valence-corrected chi connectivity index (χ2v) is 6.01. The van der Waals surface area contributed by atoms with Crippen LogP contribution in [0.25, 0.3) is 11.1 Å². The summed E-state index contributed by atoms with van der Waals surface area (Å²) in [7, 11) is 1.64. The van der Waals surface area contributed by atoms with Gasteiger partial charge >= 0.3 is 0 Å². The van der Waals surface area contributed by atoms with E-state index < -0.39 is 0 Å². The van der Waals surface area contributed by atoms with Crippen LogP contribution in [-0.2, 0) is 14.2 Å². The highest BCUT2D eigenvalue weighted by Crippen LogP contribution is 2.44. The third-order valence-electron chi connectivity index (χ3n) is 4.36. The van der Waals surface area contributed by atoms with Crippen molar-refractivity contribution in [3.8, 4) is 11.1 Å². The van der Waals surface area contributed by atoms with Gasteiger partial charge in [0.25, 0.3) is 0 Å². The fourth-order valence-corrected chi connectivity index (χ4v) is 3.21. The largest absolute Gasteiger partial charge is 0.378 e. The molecule has 3 nitrogen and oxygen atoms in total. The summed E-state index contributed by atoms with van der Waals surface area (Å²) in [6.07, 6.45) is -0.196. The topological polar surface area (TPSA) is 27.7 Å². The van der Waals surface area contributed by atoms with Crippen molar-refractivity contribution in [1.29, 1.82) is 0 Å². The van der Waals surface area contributed by atoms with Gasteiger partial charge in [-0.15, -0.1) is 0 Å². The molecule has 0 spiro atoms. The van der Waals surface area contributed by atoms with E-state index in [0.29, 0.717) is 19.1 Å². The van der Waals surface area contributed by atoms with Crippen molar-refractivity contribution in [2.24, 2.45) is 0 Å². The van der Waals surface area contributed by atoms with Crippen molar-refractivity contribution in [2.75, 3.05) is 20.3 Å². The Morgan fingerprint density at radius 3 is 2.04 bits per heavy atom. The highest BCUT2D eigenvalue weighted by molar-refractivity contribution is 5.78. The second kappa shape index (κ2) is 7.26. The molecule has 2 atom stereocenters. The average Bonchev–Trinajstić information content (AvgIpc) is 2.89. The van der Waals surface area contributed by atoms with Gasteiger partial charge in [0.1, 0.15) is 0 Å². The van der Waals surface area contributed by atoms with Gasteiger partial charge in [-0.25, -0.2) is 0 Å². The quantitative estimate of drug-likeness (QED) is 0.717. The highest BCUT2D eigenvalue weighted by Gasteiger charge is 2.28.